The summed E-state index contributed by atoms with van der Waals surface area (Å²) in [4.78, 5) is 12.6. The van der Waals surface area contributed by atoms with E-state index in [1.807, 2.05) is 0 Å². The molecule has 0 radical (unpaired) electrons. The van der Waals surface area contributed by atoms with Crippen molar-refractivity contribution in [3.8, 4) is 0 Å². The predicted molar refractivity (Wildman–Crippen MR) is 284 cm³/mol. The van der Waals surface area contributed by atoms with Crippen LogP contribution in [0.25, 0.3) is 0 Å². The Kier molecular flexibility index (Phi) is 52.3. The maximum atomic E-state index is 12.6. The van der Waals surface area contributed by atoms with Gasteiger partial charge in [-0.2, -0.15) is 0 Å². The van der Waals surface area contributed by atoms with Crippen molar-refractivity contribution in [2.24, 2.45) is 0 Å². The number of carbonyl (C=O) groups is 1. The number of hydrogen-bond donors (Lipinski definition) is 5. The fourth-order valence-corrected chi connectivity index (χ4v) is 9.03. The van der Waals surface area contributed by atoms with Gasteiger partial charge in [-0.15, -0.1) is 0 Å². The standard InChI is InChI=1S/C59H113NO5/c1-3-5-7-9-11-13-15-17-19-21-23-25-27-29-31-32-34-36-38-40-42-44-46-48-50-52-56(62)58(64)55(54-61)60-59(65)57(63)53-51-49-47-45-43-41-39-37-35-33-30-28-26-24-22-20-18-16-14-12-10-8-6-4-2/h24,26,30,33,44,46,55-58,61-64H,3-23,25,27-29,31-32,34-43,45,47-54H2,1-2H3,(H,60,65)/b26-24-,33-30-,46-44+. The van der Waals surface area contributed by atoms with Crippen LogP contribution in [0.4, 0.5) is 0 Å². The van der Waals surface area contributed by atoms with Crippen molar-refractivity contribution in [2.75, 3.05) is 6.61 Å². The minimum absolute atomic E-state index is 0.356. The van der Waals surface area contributed by atoms with Crippen LogP contribution in [-0.2, 0) is 4.79 Å². The fourth-order valence-electron chi connectivity index (χ4n) is 9.03. The minimum atomic E-state index is -1.29. The lowest BCUT2D eigenvalue weighted by molar-refractivity contribution is -0.132. The second-order valence-corrected chi connectivity index (χ2v) is 20.0. The van der Waals surface area contributed by atoms with Crippen LogP contribution < -0.4 is 5.32 Å². The molecular weight excluding hydrogens is 803 g/mol. The van der Waals surface area contributed by atoms with Crippen LogP contribution in [0.1, 0.15) is 303 Å². The molecule has 4 unspecified atom stereocenters. The molecule has 0 aliphatic rings. The lowest BCUT2D eigenvalue weighted by Crippen LogP contribution is -2.53. The zero-order valence-corrected chi connectivity index (χ0v) is 43.5. The number of carbonyl (C=O) groups excluding carboxylic acids is 1. The van der Waals surface area contributed by atoms with Crippen LogP contribution in [0.15, 0.2) is 36.5 Å². The largest absolute Gasteiger partial charge is 0.394 e. The third-order valence-corrected chi connectivity index (χ3v) is 13.6. The quantitative estimate of drug-likeness (QED) is 0.0308. The summed E-state index contributed by atoms with van der Waals surface area (Å²) < 4.78 is 0. The van der Waals surface area contributed by atoms with Crippen molar-refractivity contribution in [3.05, 3.63) is 36.5 Å². The Morgan fingerprint density at radius 2 is 0.677 bits per heavy atom. The molecule has 1 amide bonds. The summed E-state index contributed by atoms with van der Waals surface area (Å²) in [5.74, 6) is -0.595. The molecule has 6 heteroatoms. The van der Waals surface area contributed by atoms with Crippen LogP contribution in [0, 0.1) is 0 Å². The highest BCUT2D eigenvalue weighted by atomic mass is 16.3. The number of nitrogens with one attached hydrogen (secondary N) is 1. The highest BCUT2D eigenvalue weighted by Crippen LogP contribution is 2.17. The molecule has 0 aromatic carbocycles. The third-order valence-electron chi connectivity index (χ3n) is 13.6. The highest BCUT2D eigenvalue weighted by molar-refractivity contribution is 5.80. The number of hydrogen-bond acceptors (Lipinski definition) is 5. The van der Waals surface area contributed by atoms with Crippen LogP contribution >= 0.6 is 0 Å². The molecule has 0 aromatic rings. The van der Waals surface area contributed by atoms with Crippen molar-refractivity contribution >= 4 is 5.91 Å². The van der Waals surface area contributed by atoms with E-state index < -0.39 is 36.9 Å². The van der Waals surface area contributed by atoms with Gasteiger partial charge in [-0.05, 0) is 70.6 Å². The molecule has 6 nitrogen and oxygen atoms in total. The molecule has 4 atom stereocenters. The van der Waals surface area contributed by atoms with Gasteiger partial charge >= 0.3 is 0 Å². The van der Waals surface area contributed by atoms with Gasteiger partial charge in [-0.3, -0.25) is 4.79 Å². The number of aliphatic hydroxyl groups is 4. The summed E-state index contributed by atoms with van der Waals surface area (Å²) >= 11 is 0. The molecule has 0 spiro atoms. The number of aliphatic hydroxyl groups excluding tert-OH is 4. The van der Waals surface area contributed by atoms with Crippen LogP contribution in [0.5, 0.6) is 0 Å². The molecular formula is C59H113NO5. The summed E-state index contributed by atoms with van der Waals surface area (Å²) in [5.41, 5.74) is 0. The van der Waals surface area contributed by atoms with Gasteiger partial charge in [0.15, 0.2) is 0 Å². The van der Waals surface area contributed by atoms with Gasteiger partial charge in [0.2, 0.25) is 5.91 Å². The van der Waals surface area contributed by atoms with Crippen molar-refractivity contribution in [1.82, 2.24) is 5.32 Å². The van der Waals surface area contributed by atoms with E-state index >= 15 is 0 Å². The maximum absolute atomic E-state index is 12.6. The first-order valence-corrected chi connectivity index (χ1v) is 28.9. The SMILES string of the molecule is CCCCCCCCCCC/C=C\C/C=C\CCCCCCCCCCC(O)C(=O)NC(CO)C(O)C(O)CCC/C=C/CCCCCCCCCCCCCCCCCCCCCC. The molecule has 0 aliphatic carbocycles. The lowest BCUT2D eigenvalue weighted by Gasteiger charge is -2.27. The molecule has 0 saturated carbocycles. The van der Waals surface area contributed by atoms with E-state index in [0.29, 0.717) is 12.8 Å². The van der Waals surface area contributed by atoms with E-state index in [2.05, 4.69) is 55.6 Å². The summed E-state index contributed by atoms with van der Waals surface area (Å²) in [6.45, 7) is 4.07. The Balaban J connectivity index is 3.67. The predicted octanol–water partition coefficient (Wildman–Crippen LogP) is 16.8. The average Bonchev–Trinajstić information content (AvgIpc) is 3.31. The summed E-state index contributed by atoms with van der Waals surface area (Å²) in [6, 6.07) is -1.01. The van der Waals surface area contributed by atoms with Gasteiger partial charge in [-0.25, -0.2) is 0 Å². The Bertz CT molecular complexity index is 1030. The average molecular weight is 917 g/mol. The van der Waals surface area contributed by atoms with Gasteiger partial charge in [0.05, 0.1) is 18.8 Å². The Morgan fingerprint density at radius 1 is 0.385 bits per heavy atom. The smallest absolute Gasteiger partial charge is 0.249 e. The maximum Gasteiger partial charge on any atom is 0.249 e. The molecule has 0 aromatic heterocycles. The van der Waals surface area contributed by atoms with Gasteiger partial charge in [0, 0.05) is 0 Å². The van der Waals surface area contributed by atoms with Crippen LogP contribution in [0.2, 0.25) is 0 Å². The Hall–Kier alpha value is -1.47. The first-order valence-electron chi connectivity index (χ1n) is 28.9. The number of rotatable bonds is 53. The van der Waals surface area contributed by atoms with E-state index in [1.165, 1.54) is 225 Å². The number of unbranched alkanes of at least 4 members (excludes halogenated alkanes) is 38. The van der Waals surface area contributed by atoms with Crippen molar-refractivity contribution < 1.29 is 25.2 Å². The second-order valence-electron chi connectivity index (χ2n) is 20.0. The summed E-state index contributed by atoms with van der Waals surface area (Å²) in [5, 5.41) is 44.0. The van der Waals surface area contributed by atoms with Gasteiger partial charge < -0.3 is 25.7 Å². The summed E-state index contributed by atoms with van der Waals surface area (Å²) in [6.07, 6.45) is 66.4. The van der Waals surface area contributed by atoms with Crippen LogP contribution in [0.3, 0.4) is 0 Å². The lowest BCUT2D eigenvalue weighted by atomic mass is 10.00. The van der Waals surface area contributed by atoms with E-state index in [9.17, 15) is 25.2 Å². The molecule has 0 fully saturated rings. The molecule has 0 aliphatic heterocycles. The minimum Gasteiger partial charge on any atom is -0.394 e. The Labute approximate surface area is 405 Å². The summed E-state index contributed by atoms with van der Waals surface area (Å²) in [7, 11) is 0. The van der Waals surface area contributed by atoms with Crippen molar-refractivity contribution in [3.63, 3.8) is 0 Å². The molecule has 65 heavy (non-hydrogen) atoms. The van der Waals surface area contributed by atoms with E-state index in [0.717, 1.165) is 51.4 Å². The second kappa shape index (κ2) is 53.5. The van der Waals surface area contributed by atoms with E-state index in [4.69, 9.17) is 0 Å². The van der Waals surface area contributed by atoms with E-state index in [-0.39, 0.29) is 0 Å². The molecule has 0 heterocycles. The third kappa shape index (κ3) is 47.4. The van der Waals surface area contributed by atoms with Gasteiger partial charge in [0.25, 0.3) is 0 Å². The van der Waals surface area contributed by atoms with Crippen molar-refractivity contribution in [1.29, 1.82) is 0 Å². The molecule has 5 N–H and O–H groups in total. The molecule has 0 rings (SSSR count). The number of allylic oxidation sites excluding steroid dienone is 6. The molecule has 384 valence electrons. The fraction of sp³-hybridized carbons (Fsp3) is 0.881. The monoisotopic (exact) mass is 916 g/mol. The van der Waals surface area contributed by atoms with E-state index in [1.54, 1.807) is 0 Å². The molecule has 0 saturated heterocycles. The van der Waals surface area contributed by atoms with Gasteiger partial charge in [-0.1, -0.05) is 269 Å². The zero-order valence-electron chi connectivity index (χ0n) is 43.5. The van der Waals surface area contributed by atoms with Crippen molar-refractivity contribution in [2.45, 2.75) is 327 Å². The van der Waals surface area contributed by atoms with Gasteiger partial charge in [0.1, 0.15) is 12.2 Å². The highest BCUT2D eigenvalue weighted by Gasteiger charge is 2.28. The first-order chi connectivity index (χ1) is 32.0. The Morgan fingerprint density at radius 3 is 1.02 bits per heavy atom. The topological polar surface area (TPSA) is 110 Å². The molecule has 0 bridgehead atoms. The first kappa shape index (κ1) is 63.5. The van der Waals surface area contributed by atoms with Crippen LogP contribution in [-0.4, -0.2) is 57.3 Å². The number of amides is 1. The normalized spacial score (nSPS) is 14.0. The zero-order chi connectivity index (χ0) is 47.4.